The average Bonchev–Trinajstić information content (AvgIpc) is 3.31. The summed E-state index contributed by atoms with van der Waals surface area (Å²) in [6.07, 6.45) is 6.51. The number of pyridine rings is 1. The Kier molecular flexibility index (Phi) is 4.74. The summed E-state index contributed by atoms with van der Waals surface area (Å²) < 4.78 is 0. The van der Waals surface area contributed by atoms with E-state index in [1.807, 2.05) is 29.3 Å². The van der Waals surface area contributed by atoms with E-state index in [-0.39, 0.29) is 0 Å². The SMILES string of the molecule is Cc1ccc2[nH]c(-c3ccccn3)c(CCCC(=O)N3CCCC3)c2c1. The molecule has 1 aliphatic rings. The highest BCUT2D eigenvalue weighted by molar-refractivity contribution is 5.90. The van der Waals surface area contributed by atoms with Gasteiger partial charge in [-0.05, 0) is 62.4 Å². The van der Waals surface area contributed by atoms with Crippen LogP contribution >= 0.6 is 0 Å². The summed E-state index contributed by atoms with van der Waals surface area (Å²) in [6.45, 7) is 3.99. The fraction of sp³-hybridized carbons (Fsp3) is 0.364. The van der Waals surface area contributed by atoms with Crippen LogP contribution in [0.2, 0.25) is 0 Å². The van der Waals surface area contributed by atoms with Gasteiger partial charge >= 0.3 is 0 Å². The minimum absolute atomic E-state index is 0.304. The van der Waals surface area contributed by atoms with Crippen LogP contribution in [0.3, 0.4) is 0 Å². The molecule has 134 valence electrons. The van der Waals surface area contributed by atoms with Gasteiger partial charge in [-0.1, -0.05) is 17.7 Å². The van der Waals surface area contributed by atoms with Crippen molar-refractivity contribution in [1.82, 2.24) is 14.9 Å². The monoisotopic (exact) mass is 347 g/mol. The lowest BCUT2D eigenvalue weighted by Gasteiger charge is -2.15. The number of fused-ring (bicyclic) bond motifs is 1. The number of hydrogen-bond acceptors (Lipinski definition) is 2. The van der Waals surface area contributed by atoms with Crippen LogP contribution in [-0.4, -0.2) is 33.9 Å². The van der Waals surface area contributed by atoms with Gasteiger partial charge in [-0.15, -0.1) is 0 Å². The van der Waals surface area contributed by atoms with E-state index in [2.05, 4.69) is 35.1 Å². The Balaban J connectivity index is 1.59. The van der Waals surface area contributed by atoms with Crippen LogP contribution in [0.5, 0.6) is 0 Å². The van der Waals surface area contributed by atoms with Crippen LogP contribution in [0.4, 0.5) is 0 Å². The first-order valence-electron chi connectivity index (χ1n) is 9.53. The van der Waals surface area contributed by atoms with E-state index in [9.17, 15) is 4.79 Å². The van der Waals surface area contributed by atoms with E-state index in [1.165, 1.54) is 16.5 Å². The van der Waals surface area contributed by atoms with Crippen LogP contribution < -0.4 is 0 Å². The van der Waals surface area contributed by atoms with Gasteiger partial charge in [-0.25, -0.2) is 0 Å². The molecule has 0 spiro atoms. The van der Waals surface area contributed by atoms with E-state index in [0.29, 0.717) is 12.3 Å². The fourth-order valence-electron chi connectivity index (χ4n) is 3.89. The van der Waals surface area contributed by atoms with Gasteiger partial charge < -0.3 is 9.88 Å². The summed E-state index contributed by atoms with van der Waals surface area (Å²) in [4.78, 5) is 22.4. The number of aromatic nitrogens is 2. The van der Waals surface area contributed by atoms with E-state index < -0.39 is 0 Å². The van der Waals surface area contributed by atoms with Crippen molar-refractivity contribution in [3.8, 4) is 11.4 Å². The molecule has 0 atom stereocenters. The molecule has 4 nitrogen and oxygen atoms in total. The molecule has 1 aromatic carbocycles. The van der Waals surface area contributed by atoms with Gasteiger partial charge in [0.1, 0.15) is 0 Å². The number of aryl methyl sites for hydroxylation is 2. The van der Waals surface area contributed by atoms with Crippen molar-refractivity contribution in [2.24, 2.45) is 0 Å². The van der Waals surface area contributed by atoms with E-state index >= 15 is 0 Å². The van der Waals surface area contributed by atoms with Crippen molar-refractivity contribution in [2.75, 3.05) is 13.1 Å². The molecule has 26 heavy (non-hydrogen) atoms. The third-order valence-corrected chi connectivity index (χ3v) is 5.26. The quantitative estimate of drug-likeness (QED) is 0.739. The Labute approximate surface area is 154 Å². The van der Waals surface area contributed by atoms with Gasteiger partial charge in [-0.3, -0.25) is 9.78 Å². The second-order valence-corrected chi connectivity index (χ2v) is 7.18. The number of nitrogens with one attached hydrogen (secondary N) is 1. The zero-order valence-electron chi connectivity index (χ0n) is 15.3. The molecule has 1 aliphatic heterocycles. The number of carbonyl (C=O) groups is 1. The minimum atomic E-state index is 0.304. The maximum atomic E-state index is 12.4. The number of benzene rings is 1. The Bertz CT molecular complexity index is 908. The molecule has 2 aromatic heterocycles. The summed E-state index contributed by atoms with van der Waals surface area (Å²) in [5, 5.41) is 1.25. The van der Waals surface area contributed by atoms with Crippen LogP contribution in [-0.2, 0) is 11.2 Å². The summed E-state index contributed by atoms with van der Waals surface area (Å²) in [5.41, 5.74) is 5.70. The van der Waals surface area contributed by atoms with Crippen molar-refractivity contribution in [2.45, 2.75) is 39.0 Å². The highest BCUT2D eigenvalue weighted by Gasteiger charge is 2.19. The largest absolute Gasteiger partial charge is 0.353 e. The maximum absolute atomic E-state index is 12.4. The molecular weight excluding hydrogens is 322 g/mol. The first-order valence-corrected chi connectivity index (χ1v) is 9.53. The fourth-order valence-corrected chi connectivity index (χ4v) is 3.89. The molecule has 0 bridgehead atoms. The molecule has 0 unspecified atom stereocenters. The lowest BCUT2D eigenvalue weighted by atomic mass is 10.0. The Morgan fingerprint density at radius 3 is 2.81 bits per heavy atom. The second kappa shape index (κ2) is 7.32. The Morgan fingerprint density at radius 1 is 1.19 bits per heavy atom. The molecule has 0 radical (unpaired) electrons. The molecule has 0 aliphatic carbocycles. The lowest BCUT2D eigenvalue weighted by Crippen LogP contribution is -2.27. The molecule has 4 rings (SSSR count). The zero-order chi connectivity index (χ0) is 17.9. The highest BCUT2D eigenvalue weighted by Crippen LogP contribution is 2.31. The third-order valence-electron chi connectivity index (χ3n) is 5.26. The number of H-pyrrole nitrogens is 1. The predicted octanol–water partition coefficient (Wildman–Crippen LogP) is 4.48. The van der Waals surface area contributed by atoms with Crippen LogP contribution in [0.15, 0.2) is 42.6 Å². The first-order chi connectivity index (χ1) is 12.7. The molecule has 1 amide bonds. The zero-order valence-corrected chi connectivity index (χ0v) is 15.3. The smallest absolute Gasteiger partial charge is 0.222 e. The van der Waals surface area contributed by atoms with Crippen molar-refractivity contribution in [3.63, 3.8) is 0 Å². The molecular formula is C22H25N3O. The van der Waals surface area contributed by atoms with Gasteiger partial charge in [0.15, 0.2) is 0 Å². The van der Waals surface area contributed by atoms with Gasteiger partial charge in [0.05, 0.1) is 11.4 Å². The van der Waals surface area contributed by atoms with Crippen molar-refractivity contribution >= 4 is 16.8 Å². The molecule has 0 saturated carbocycles. The molecule has 1 saturated heterocycles. The van der Waals surface area contributed by atoms with Crippen LogP contribution in [0.1, 0.15) is 36.8 Å². The summed E-state index contributed by atoms with van der Waals surface area (Å²) in [7, 11) is 0. The number of rotatable bonds is 5. The normalized spacial score (nSPS) is 14.3. The van der Waals surface area contributed by atoms with E-state index in [1.54, 1.807) is 0 Å². The van der Waals surface area contributed by atoms with Gasteiger partial charge in [0.25, 0.3) is 0 Å². The summed E-state index contributed by atoms with van der Waals surface area (Å²) in [5.74, 6) is 0.304. The number of amides is 1. The number of carbonyl (C=O) groups excluding carboxylic acids is 1. The van der Waals surface area contributed by atoms with Gasteiger partial charge in [-0.2, -0.15) is 0 Å². The summed E-state index contributed by atoms with van der Waals surface area (Å²) in [6, 6.07) is 12.5. The van der Waals surface area contributed by atoms with Gasteiger partial charge in [0, 0.05) is 36.6 Å². The molecule has 4 heteroatoms. The predicted molar refractivity (Wildman–Crippen MR) is 105 cm³/mol. The van der Waals surface area contributed by atoms with Crippen molar-refractivity contribution in [1.29, 1.82) is 0 Å². The molecule has 3 heterocycles. The van der Waals surface area contributed by atoms with E-state index in [0.717, 1.165) is 55.7 Å². The number of aromatic amines is 1. The average molecular weight is 347 g/mol. The van der Waals surface area contributed by atoms with Gasteiger partial charge in [0.2, 0.25) is 5.91 Å². The van der Waals surface area contributed by atoms with E-state index in [4.69, 9.17) is 0 Å². The maximum Gasteiger partial charge on any atom is 0.222 e. The minimum Gasteiger partial charge on any atom is -0.353 e. The van der Waals surface area contributed by atoms with Crippen molar-refractivity contribution in [3.05, 3.63) is 53.7 Å². The van der Waals surface area contributed by atoms with Crippen molar-refractivity contribution < 1.29 is 4.79 Å². The number of likely N-dealkylation sites (tertiary alicyclic amines) is 1. The third kappa shape index (κ3) is 3.36. The number of nitrogens with zero attached hydrogens (tertiary/aromatic N) is 2. The second-order valence-electron chi connectivity index (χ2n) is 7.18. The summed E-state index contributed by atoms with van der Waals surface area (Å²) >= 11 is 0. The lowest BCUT2D eigenvalue weighted by molar-refractivity contribution is -0.130. The highest BCUT2D eigenvalue weighted by atomic mass is 16.2. The molecule has 1 fully saturated rings. The number of hydrogen-bond donors (Lipinski definition) is 1. The Hall–Kier alpha value is -2.62. The topological polar surface area (TPSA) is 49.0 Å². The Morgan fingerprint density at radius 2 is 2.04 bits per heavy atom. The molecule has 3 aromatic rings. The first kappa shape index (κ1) is 16.8. The van der Waals surface area contributed by atoms with Crippen LogP contribution in [0.25, 0.3) is 22.3 Å². The molecule has 1 N–H and O–H groups in total. The standard InChI is InChI=1S/C22H25N3O/c1-16-10-11-19-18(15-16)17(22(24-19)20-8-2-3-12-23-20)7-6-9-21(26)25-13-4-5-14-25/h2-3,8,10-12,15,24H,4-7,9,13-14H2,1H3. The van der Waals surface area contributed by atoms with Crippen LogP contribution in [0, 0.1) is 6.92 Å².